The quantitative estimate of drug-likeness (QED) is 0.820. The molecule has 0 unspecified atom stereocenters. The molecule has 0 radical (unpaired) electrons. The summed E-state index contributed by atoms with van der Waals surface area (Å²) in [7, 11) is 0. The van der Waals surface area contributed by atoms with Gasteiger partial charge in [0.05, 0.1) is 25.1 Å². The number of thiazole rings is 1. The van der Waals surface area contributed by atoms with E-state index in [1.54, 1.807) is 6.92 Å². The number of aromatic nitrogens is 1. The maximum absolute atomic E-state index is 11.9. The molecule has 0 atom stereocenters. The molecule has 20 heavy (non-hydrogen) atoms. The van der Waals surface area contributed by atoms with Crippen LogP contribution in [0.15, 0.2) is 5.38 Å². The molecular formula is C11H13F3N2O3S. The predicted octanol–water partition coefficient (Wildman–Crippen LogP) is 2.53. The second-order valence-corrected chi connectivity index (χ2v) is 4.65. The SMILES string of the molecule is CCOC(=O)Cc1csc(NC(=O)CCC(F)(F)F)n1. The Kier molecular flexibility index (Phi) is 5.93. The molecule has 1 N–H and O–H groups in total. The van der Waals surface area contributed by atoms with E-state index in [-0.39, 0.29) is 18.2 Å². The van der Waals surface area contributed by atoms with Crippen LogP contribution in [-0.4, -0.2) is 29.6 Å². The predicted molar refractivity (Wildman–Crippen MR) is 66.4 cm³/mol. The summed E-state index contributed by atoms with van der Waals surface area (Å²) in [6.45, 7) is 1.93. The van der Waals surface area contributed by atoms with E-state index in [0.717, 1.165) is 11.3 Å². The Balaban J connectivity index is 2.43. The van der Waals surface area contributed by atoms with Crippen LogP contribution in [0, 0.1) is 0 Å². The lowest BCUT2D eigenvalue weighted by Crippen LogP contribution is -2.16. The minimum Gasteiger partial charge on any atom is -0.466 e. The van der Waals surface area contributed by atoms with Gasteiger partial charge in [0.25, 0.3) is 0 Å². The first-order valence-electron chi connectivity index (χ1n) is 5.77. The lowest BCUT2D eigenvalue weighted by Gasteiger charge is -2.05. The Morgan fingerprint density at radius 3 is 2.75 bits per heavy atom. The number of amides is 1. The van der Waals surface area contributed by atoms with Gasteiger partial charge in [-0.05, 0) is 6.92 Å². The molecule has 0 aliphatic heterocycles. The third-order valence-electron chi connectivity index (χ3n) is 2.06. The maximum atomic E-state index is 11.9. The van der Waals surface area contributed by atoms with E-state index in [9.17, 15) is 22.8 Å². The maximum Gasteiger partial charge on any atom is 0.389 e. The number of hydrogen-bond donors (Lipinski definition) is 1. The van der Waals surface area contributed by atoms with Crippen LogP contribution < -0.4 is 5.32 Å². The van der Waals surface area contributed by atoms with Crippen LogP contribution in [0.3, 0.4) is 0 Å². The summed E-state index contributed by atoms with van der Waals surface area (Å²) < 4.78 is 40.5. The van der Waals surface area contributed by atoms with Gasteiger partial charge in [-0.3, -0.25) is 9.59 Å². The number of rotatable bonds is 6. The second-order valence-electron chi connectivity index (χ2n) is 3.79. The normalized spacial score (nSPS) is 11.2. The Morgan fingerprint density at radius 1 is 1.45 bits per heavy atom. The molecule has 0 bridgehead atoms. The summed E-state index contributed by atoms with van der Waals surface area (Å²) in [5.41, 5.74) is 0.402. The van der Waals surface area contributed by atoms with Crippen LogP contribution in [0.1, 0.15) is 25.5 Å². The van der Waals surface area contributed by atoms with Crippen molar-refractivity contribution in [2.75, 3.05) is 11.9 Å². The second kappa shape index (κ2) is 7.22. The standard InChI is InChI=1S/C11H13F3N2O3S/c1-2-19-9(18)5-7-6-20-10(15-7)16-8(17)3-4-11(12,13)14/h6H,2-5H2,1H3,(H,15,16,17). The third kappa shape index (κ3) is 6.50. The van der Waals surface area contributed by atoms with Crippen molar-refractivity contribution in [1.29, 1.82) is 0 Å². The molecule has 0 aliphatic rings. The topological polar surface area (TPSA) is 68.3 Å². The molecule has 0 aliphatic carbocycles. The number of nitrogens with one attached hydrogen (secondary N) is 1. The average molecular weight is 310 g/mol. The van der Waals surface area contributed by atoms with E-state index >= 15 is 0 Å². The number of hydrogen-bond acceptors (Lipinski definition) is 5. The first-order chi connectivity index (χ1) is 9.30. The van der Waals surface area contributed by atoms with Crippen molar-refractivity contribution < 1.29 is 27.5 Å². The number of carbonyl (C=O) groups is 2. The molecule has 1 heterocycles. The fraction of sp³-hybridized carbons (Fsp3) is 0.545. The molecule has 1 amide bonds. The Bertz CT molecular complexity index is 474. The molecule has 1 aromatic rings. The summed E-state index contributed by atoms with van der Waals surface area (Å²) in [5, 5.41) is 3.96. The molecule has 112 valence electrons. The Labute approximate surface area is 117 Å². The van der Waals surface area contributed by atoms with Crippen LogP contribution in [0.5, 0.6) is 0 Å². The van der Waals surface area contributed by atoms with Gasteiger partial charge in [0.1, 0.15) is 0 Å². The van der Waals surface area contributed by atoms with Crippen LogP contribution in [0.25, 0.3) is 0 Å². The first-order valence-corrected chi connectivity index (χ1v) is 6.64. The number of halogens is 3. The number of carbonyl (C=O) groups excluding carboxylic acids is 2. The lowest BCUT2D eigenvalue weighted by molar-refractivity contribution is -0.142. The van der Waals surface area contributed by atoms with Gasteiger partial charge in [-0.15, -0.1) is 11.3 Å². The van der Waals surface area contributed by atoms with E-state index in [0.29, 0.717) is 5.69 Å². The van der Waals surface area contributed by atoms with Gasteiger partial charge in [-0.25, -0.2) is 4.98 Å². The van der Waals surface area contributed by atoms with Crippen LogP contribution in [0.4, 0.5) is 18.3 Å². The smallest absolute Gasteiger partial charge is 0.389 e. The Morgan fingerprint density at radius 2 is 2.15 bits per heavy atom. The largest absolute Gasteiger partial charge is 0.466 e. The summed E-state index contributed by atoms with van der Waals surface area (Å²) in [6, 6.07) is 0. The molecule has 0 saturated heterocycles. The number of esters is 1. The van der Waals surface area contributed by atoms with Crippen molar-refractivity contribution in [2.24, 2.45) is 0 Å². The first kappa shape index (κ1) is 16.4. The van der Waals surface area contributed by atoms with Gasteiger partial charge in [0.15, 0.2) is 5.13 Å². The number of anilines is 1. The highest BCUT2D eigenvalue weighted by Gasteiger charge is 2.28. The molecule has 0 saturated carbocycles. The highest BCUT2D eigenvalue weighted by atomic mass is 32.1. The number of alkyl halides is 3. The van der Waals surface area contributed by atoms with Gasteiger partial charge in [0, 0.05) is 11.8 Å². The number of nitrogens with zero attached hydrogens (tertiary/aromatic N) is 1. The summed E-state index contributed by atoms with van der Waals surface area (Å²) in [5.74, 6) is -1.22. The molecule has 9 heteroatoms. The fourth-order valence-electron chi connectivity index (χ4n) is 1.24. The van der Waals surface area contributed by atoms with Gasteiger partial charge in [-0.2, -0.15) is 13.2 Å². The summed E-state index contributed by atoms with van der Waals surface area (Å²) in [4.78, 5) is 26.4. The van der Waals surface area contributed by atoms with Crippen molar-refractivity contribution >= 4 is 28.3 Å². The molecule has 1 aromatic heterocycles. The number of ether oxygens (including phenoxy) is 1. The van der Waals surface area contributed by atoms with Crippen LogP contribution in [-0.2, 0) is 20.7 Å². The highest BCUT2D eigenvalue weighted by molar-refractivity contribution is 7.13. The van der Waals surface area contributed by atoms with E-state index in [4.69, 9.17) is 4.74 Å². The van der Waals surface area contributed by atoms with E-state index in [2.05, 4.69) is 10.3 Å². The summed E-state index contributed by atoms with van der Waals surface area (Å²) >= 11 is 1.04. The minimum absolute atomic E-state index is 0.0389. The Hall–Kier alpha value is -1.64. The summed E-state index contributed by atoms with van der Waals surface area (Å²) in [6.07, 6.45) is -6.24. The van der Waals surface area contributed by atoms with Crippen molar-refractivity contribution in [3.05, 3.63) is 11.1 Å². The molecule has 0 spiro atoms. The van der Waals surface area contributed by atoms with E-state index in [1.807, 2.05) is 0 Å². The van der Waals surface area contributed by atoms with Crippen molar-refractivity contribution in [1.82, 2.24) is 4.98 Å². The monoisotopic (exact) mass is 310 g/mol. The molecule has 1 rings (SSSR count). The zero-order valence-corrected chi connectivity index (χ0v) is 11.4. The van der Waals surface area contributed by atoms with Crippen LogP contribution >= 0.6 is 11.3 Å². The zero-order chi connectivity index (χ0) is 15.2. The third-order valence-corrected chi connectivity index (χ3v) is 2.87. The van der Waals surface area contributed by atoms with Gasteiger partial charge in [-0.1, -0.05) is 0 Å². The van der Waals surface area contributed by atoms with Gasteiger partial charge in [0.2, 0.25) is 5.91 Å². The molecular weight excluding hydrogens is 297 g/mol. The van der Waals surface area contributed by atoms with Crippen molar-refractivity contribution in [2.45, 2.75) is 32.4 Å². The fourth-order valence-corrected chi connectivity index (χ4v) is 1.97. The van der Waals surface area contributed by atoms with Crippen molar-refractivity contribution in [3.8, 4) is 0 Å². The average Bonchev–Trinajstić information content (AvgIpc) is 2.73. The molecule has 0 fully saturated rings. The minimum atomic E-state index is -4.37. The highest BCUT2D eigenvalue weighted by Crippen LogP contribution is 2.22. The van der Waals surface area contributed by atoms with Crippen molar-refractivity contribution in [3.63, 3.8) is 0 Å². The lowest BCUT2D eigenvalue weighted by atomic mass is 10.3. The van der Waals surface area contributed by atoms with E-state index < -0.39 is 30.9 Å². The van der Waals surface area contributed by atoms with Gasteiger partial charge < -0.3 is 10.1 Å². The molecule has 5 nitrogen and oxygen atoms in total. The van der Waals surface area contributed by atoms with E-state index in [1.165, 1.54) is 5.38 Å². The van der Waals surface area contributed by atoms with Crippen LogP contribution in [0.2, 0.25) is 0 Å². The zero-order valence-electron chi connectivity index (χ0n) is 10.6. The molecule has 0 aromatic carbocycles. The van der Waals surface area contributed by atoms with Gasteiger partial charge >= 0.3 is 12.1 Å².